The van der Waals surface area contributed by atoms with Crippen LogP contribution in [0, 0.1) is 12.8 Å². The highest BCUT2D eigenvalue weighted by Crippen LogP contribution is 2.52. The van der Waals surface area contributed by atoms with E-state index in [0.29, 0.717) is 18.2 Å². The number of alkyl halides is 3. The van der Waals surface area contributed by atoms with Crippen molar-refractivity contribution in [3.63, 3.8) is 0 Å². The van der Waals surface area contributed by atoms with Gasteiger partial charge in [-0.1, -0.05) is 30.3 Å². The summed E-state index contributed by atoms with van der Waals surface area (Å²) < 4.78 is 43.1. The van der Waals surface area contributed by atoms with Gasteiger partial charge >= 0.3 is 6.36 Å². The second-order valence-electron chi connectivity index (χ2n) is 10.3. The van der Waals surface area contributed by atoms with E-state index >= 15 is 0 Å². The normalized spacial score (nSPS) is 20.9. The van der Waals surface area contributed by atoms with Gasteiger partial charge in [-0.25, -0.2) is 4.68 Å². The Kier molecular flexibility index (Phi) is 5.98. The fourth-order valence-corrected chi connectivity index (χ4v) is 5.92. The molecular formula is C28H29F3N4O2. The molecule has 1 unspecified atom stereocenters. The zero-order valence-electron chi connectivity index (χ0n) is 20.6. The smallest absolute Gasteiger partial charge is 0.406 e. The van der Waals surface area contributed by atoms with Crippen LogP contribution in [0.1, 0.15) is 59.0 Å². The number of hydrogen-bond donors (Lipinski definition) is 0. The average molecular weight is 511 g/mol. The number of para-hydroxylation sites is 1. The molecule has 0 radical (unpaired) electrons. The van der Waals surface area contributed by atoms with E-state index in [1.54, 1.807) is 12.1 Å². The number of fused-ring (bicyclic) bond motifs is 1. The first-order valence-electron chi connectivity index (χ1n) is 12.8. The van der Waals surface area contributed by atoms with Crippen LogP contribution in [0.25, 0.3) is 5.69 Å². The number of ether oxygens (including phenoxy) is 1. The molecule has 1 saturated heterocycles. The summed E-state index contributed by atoms with van der Waals surface area (Å²) in [6, 6.07) is 16.2. The summed E-state index contributed by atoms with van der Waals surface area (Å²) in [5.74, 6) is 0.361. The molecule has 2 aliphatic heterocycles. The van der Waals surface area contributed by atoms with Crippen molar-refractivity contribution in [2.24, 2.45) is 5.92 Å². The lowest BCUT2D eigenvalue weighted by Gasteiger charge is -2.40. The third kappa shape index (κ3) is 4.72. The van der Waals surface area contributed by atoms with Gasteiger partial charge in [-0.2, -0.15) is 5.10 Å². The highest BCUT2D eigenvalue weighted by atomic mass is 19.4. The standard InChI is InChI=1S/C28H29F3N4O2/c1-18-24-25(20-9-10-20)34(27(36)26(24)35(32-18)22-5-3-2-4-6-22)21-13-15-33(16-14-21)17-19-7-11-23(12-8-19)37-28(29,30)31/h2-8,11-12,20-21,25H,9-10,13-17H2,1H3. The number of amides is 1. The van der Waals surface area contributed by atoms with Crippen LogP contribution in [0.15, 0.2) is 54.6 Å². The lowest BCUT2D eigenvalue weighted by atomic mass is 9.98. The number of halogens is 3. The number of carbonyl (C=O) groups is 1. The molecule has 194 valence electrons. The molecule has 1 aliphatic carbocycles. The van der Waals surface area contributed by atoms with Crippen molar-refractivity contribution < 1.29 is 22.7 Å². The SMILES string of the molecule is Cc1nn(-c2ccccc2)c2c1C(C1CC1)N(C1CCN(Cc3ccc(OC(F)(F)F)cc3)CC1)C2=O. The third-order valence-electron chi connectivity index (χ3n) is 7.72. The number of benzene rings is 2. The Morgan fingerprint density at radius 3 is 2.27 bits per heavy atom. The highest BCUT2D eigenvalue weighted by Gasteiger charge is 2.51. The molecule has 3 aromatic rings. The van der Waals surface area contributed by atoms with E-state index in [1.807, 2.05) is 41.9 Å². The molecule has 0 bridgehead atoms. The van der Waals surface area contributed by atoms with Crippen LogP contribution in [0.3, 0.4) is 0 Å². The van der Waals surface area contributed by atoms with Crippen molar-refractivity contribution in [1.29, 1.82) is 0 Å². The van der Waals surface area contributed by atoms with Crippen molar-refractivity contribution in [3.05, 3.63) is 77.1 Å². The van der Waals surface area contributed by atoms with E-state index in [0.717, 1.165) is 61.3 Å². The van der Waals surface area contributed by atoms with Gasteiger partial charge in [-0.3, -0.25) is 9.69 Å². The molecule has 1 amide bonds. The van der Waals surface area contributed by atoms with Crippen molar-refractivity contribution >= 4 is 5.91 Å². The van der Waals surface area contributed by atoms with E-state index in [2.05, 4.69) is 14.5 Å². The quantitative estimate of drug-likeness (QED) is 0.430. The first kappa shape index (κ1) is 24.0. The summed E-state index contributed by atoms with van der Waals surface area (Å²) in [5, 5.41) is 4.77. The molecule has 2 aromatic carbocycles. The Morgan fingerprint density at radius 2 is 1.65 bits per heavy atom. The topological polar surface area (TPSA) is 50.6 Å². The van der Waals surface area contributed by atoms with Gasteiger partial charge < -0.3 is 9.64 Å². The molecule has 3 aliphatic rings. The molecule has 9 heteroatoms. The molecule has 3 heterocycles. The second-order valence-corrected chi connectivity index (χ2v) is 10.3. The molecule has 6 nitrogen and oxygen atoms in total. The minimum absolute atomic E-state index is 0.0788. The average Bonchev–Trinajstić information content (AvgIpc) is 3.59. The molecule has 6 rings (SSSR count). The van der Waals surface area contributed by atoms with E-state index in [-0.39, 0.29) is 23.7 Å². The van der Waals surface area contributed by atoms with E-state index in [1.165, 1.54) is 12.1 Å². The Hall–Kier alpha value is -3.33. The van der Waals surface area contributed by atoms with Crippen LogP contribution >= 0.6 is 0 Å². The van der Waals surface area contributed by atoms with Crippen LogP contribution in [-0.4, -0.2) is 51.0 Å². The number of hydrogen-bond acceptors (Lipinski definition) is 4. The molecule has 1 saturated carbocycles. The van der Waals surface area contributed by atoms with Gasteiger partial charge in [-0.05, 0) is 68.4 Å². The Balaban J connectivity index is 1.16. The number of likely N-dealkylation sites (tertiary alicyclic amines) is 1. The predicted molar refractivity (Wildman–Crippen MR) is 131 cm³/mol. The van der Waals surface area contributed by atoms with Gasteiger partial charge in [0.05, 0.1) is 17.4 Å². The largest absolute Gasteiger partial charge is 0.573 e. The molecule has 0 spiro atoms. The molecule has 1 aromatic heterocycles. The molecule has 1 atom stereocenters. The third-order valence-corrected chi connectivity index (χ3v) is 7.72. The molecule has 2 fully saturated rings. The number of nitrogens with zero attached hydrogens (tertiary/aromatic N) is 4. The van der Waals surface area contributed by atoms with Crippen LogP contribution in [0.2, 0.25) is 0 Å². The van der Waals surface area contributed by atoms with Gasteiger partial charge in [0.15, 0.2) is 0 Å². The summed E-state index contributed by atoms with van der Waals surface area (Å²) >= 11 is 0. The number of piperidine rings is 1. The summed E-state index contributed by atoms with van der Waals surface area (Å²) in [5.41, 5.74) is 4.58. The van der Waals surface area contributed by atoms with Gasteiger partial charge in [0.25, 0.3) is 5.91 Å². The van der Waals surface area contributed by atoms with Crippen molar-refractivity contribution in [3.8, 4) is 11.4 Å². The molecule has 0 N–H and O–H groups in total. The van der Waals surface area contributed by atoms with Crippen LogP contribution in [0.4, 0.5) is 13.2 Å². The van der Waals surface area contributed by atoms with Crippen LogP contribution in [-0.2, 0) is 6.54 Å². The second kappa shape index (κ2) is 9.20. The van der Waals surface area contributed by atoms with Gasteiger partial charge in [0, 0.05) is 31.2 Å². The van der Waals surface area contributed by atoms with Crippen LogP contribution in [0.5, 0.6) is 5.75 Å². The Labute approximate surface area is 213 Å². The lowest BCUT2D eigenvalue weighted by molar-refractivity contribution is -0.274. The summed E-state index contributed by atoms with van der Waals surface area (Å²) in [6.07, 6.45) is -0.682. The zero-order chi connectivity index (χ0) is 25.7. The maximum absolute atomic E-state index is 13.9. The minimum Gasteiger partial charge on any atom is -0.406 e. The lowest BCUT2D eigenvalue weighted by Crippen LogP contribution is -2.46. The number of aromatic nitrogens is 2. The number of carbonyl (C=O) groups excluding carboxylic acids is 1. The fourth-order valence-electron chi connectivity index (χ4n) is 5.92. The van der Waals surface area contributed by atoms with E-state index < -0.39 is 6.36 Å². The monoisotopic (exact) mass is 510 g/mol. The van der Waals surface area contributed by atoms with Gasteiger partial charge in [0.1, 0.15) is 11.4 Å². The highest BCUT2D eigenvalue weighted by molar-refractivity contribution is 5.99. The van der Waals surface area contributed by atoms with Crippen molar-refractivity contribution in [2.75, 3.05) is 13.1 Å². The van der Waals surface area contributed by atoms with Gasteiger partial charge in [-0.15, -0.1) is 13.2 Å². The van der Waals surface area contributed by atoms with E-state index in [4.69, 9.17) is 5.10 Å². The first-order chi connectivity index (χ1) is 17.8. The number of rotatable bonds is 6. The van der Waals surface area contributed by atoms with Crippen molar-refractivity contribution in [1.82, 2.24) is 19.6 Å². The predicted octanol–water partition coefficient (Wildman–Crippen LogP) is 5.65. The maximum Gasteiger partial charge on any atom is 0.573 e. The zero-order valence-corrected chi connectivity index (χ0v) is 20.6. The van der Waals surface area contributed by atoms with Crippen molar-refractivity contribution in [2.45, 2.75) is 57.6 Å². The van der Waals surface area contributed by atoms with Crippen LogP contribution < -0.4 is 4.74 Å². The number of aryl methyl sites for hydroxylation is 1. The Bertz CT molecular complexity index is 1280. The molecular weight excluding hydrogens is 481 g/mol. The summed E-state index contributed by atoms with van der Waals surface area (Å²) in [7, 11) is 0. The summed E-state index contributed by atoms with van der Waals surface area (Å²) in [4.78, 5) is 18.4. The van der Waals surface area contributed by atoms with Gasteiger partial charge in [0.2, 0.25) is 0 Å². The fraction of sp³-hybridized carbons (Fsp3) is 0.429. The Morgan fingerprint density at radius 1 is 0.973 bits per heavy atom. The summed E-state index contributed by atoms with van der Waals surface area (Å²) in [6.45, 7) is 4.32. The minimum atomic E-state index is -4.69. The molecule has 37 heavy (non-hydrogen) atoms. The van der Waals surface area contributed by atoms with E-state index in [9.17, 15) is 18.0 Å². The maximum atomic E-state index is 13.9. The first-order valence-corrected chi connectivity index (χ1v) is 12.8.